The lowest BCUT2D eigenvalue weighted by molar-refractivity contribution is -0.126. The van der Waals surface area contributed by atoms with Crippen molar-refractivity contribution in [2.45, 2.75) is 13.8 Å². The summed E-state index contributed by atoms with van der Waals surface area (Å²) in [5, 5.41) is 0. The van der Waals surface area contributed by atoms with Gasteiger partial charge in [-0.3, -0.25) is 4.79 Å². The molecule has 0 aromatic heterocycles. The number of carbonyl (C=O) groups is 1. The number of nitrogens with zero attached hydrogens (tertiary/aromatic N) is 2. The molecule has 0 bridgehead atoms. The van der Waals surface area contributed by atoms with Crippen molar-refractivity contribution < 1.29 is 4.79 Å². The summed E-state index contributed by atoms with van der Waals surface area (Å²) in [7, 11) is 0. The fourth-order valence-corrected chi connectivity index (χ4v) is 3.06. The van der Waals surface area contributed by atoms with Crippen LogP contribution in [-0.4, -0.2) is 37.0 Å². The summed E-state index contributed by atoms with van der Waals surface area (Å²) >= 11 is 0. The molecule has 0 spiro atoms. The number of anilines is 1. The minimum atomic E-state index is 0.0976. The molecule has 0 atom stereocenters. The lowest BCUT2D eigenvalue weighted by atomic mass is 10.1. The fraction of sp³-hybridized carbons (Fsp3) is 0.286. The van der Waals surface area contributed by atoms with Gasteiger partial charge in [0.05, 0.1) is 0 Å². The molecular weight excluding hydrogens is 296 g/mol. The Morgan fingerprint density at radius 3 is 2.25 bits per heavy atom. The van der Waals surface area contributed by atoms with Crippen LogP contribution < -0.4 is 4.90 Å². The predicted molar refractivity (Wildman–Crippen MR) is 100 cm³/mol. The van der Waals surface area contributed by atoms with Gasteiger partial charge in [-0.2, -0.15) is 0 Å². The van der Waals surface area contributed by atoms with E-state index in [1.807, 2.05) is 23.1 Å². The third-order valence-corrected chi connectivity index (χ3v) is 4.42. The Hall–Kier alpha value is -2.55. The van der Waals surface area contributed by atoms with E-state index in [2.05, 4.69) is 55.1 Å². The second-order valence-corrected chi connectivity index (χ2v) is 6.40. The van der Waals surface area contributed by atoms with E-state index in [4.69, 9.17) is 0 Å². The van der Waals surface area contributed by atoms with Crippen LogP contribution in [-0.2, 0) is 4.79 Å². The summed E-state index contributed by atoms with van der Waals surface area (Å²) in [6.07, 6.45) is 3.60. The Morgan fingerprint density at radius 1 is 0.917 bits per heavy atom. The van der Waals surface area contributed by atoms with Crippen molar-refractivity contribution in [3.05, 3.63) is 71.3 Å². The van der Waals surface area contributed by atoms with Gasteiger partial charge in [-0.25, -0.2) is 0 Å². The van der Waals surface area contributed by atoms with Crippen LogP contribution in [0.2, 0.25) is 0 Å². The number of rotatable bonds is 3. The number of carbonyl (C=O) groups excluding carboxylic acids is 1. The first-order chi connectivity index (χ1) is 11.6. The highest BCUT2D eigenvalue weighted by Crippen LogP contribution is 2.18. The number of piperazine rings is 1. The van der Waals surface area contributed by atoms with Gasteiger partial charge in [-0.05, 0) is 43.2 Å². The average Bonchev–Trinajstić information content (AvgIpc) is 2.60. The van der Waals surface area contributed by atoms with Crippen molar-refractivity contribution in [2.75, 3.05) is 31.1 Å². The molecule has 0 saturated carbocycles. The number of amides is 1. The maximum atomic E-state index is 12.4. The molecule has 1 aliphatic heterocycles. The van der Waals surface area contributed by atoms with Gasteiger partial charge in [0.1, 0.15) is 0 Å². The van der Waals surface area contributed by atoms with E-state index in [1.54, 1.807) is 6.08 Å². The quantitative estimate of drug-likeness (QED) is 0.806. The molecule has 1 amide bonds. The zero-order valence-corrected chi connectivity index (χ0v) is 14.4. The Bertz CT molecular complexity index is 743. The summed E-state index contributed by atoms with van der Waals surface area (Å²) < 4.78 is 0. The molecule has 1 saturated heterocycles. The van der Waals surface area contributed by atoms with Gasteiger partial charge in [-0.1, -0.05) is 42.0 Å². The predicted octanol–water partition coefficient (Wildman–Crippen LogP) is 3.67. The molecule has 1 heterocycles. The minimum Gasteiger partial charge on any atom is -0.368 e. The Labute approximate surface area is 144 Å². The summed E-state index contributed by atoms with van der Waals surface area (Å²) in [4.78, 5) is 16.7. The maximum Gasteiger partial charge on any atom is 0.246 e. The zero-order valence-electron chi connectivity index (χ0n) is 14.4. The summed E-state index contributed by atoms with van der Waals surface area (Å²) in [6, 6.07) is 16.7. The zero-order chi connectivity index (χ0) is 16.9. The lowest BCUT2D eigenvalue weighted by Crippen LogP contribution is -2.48. The van der Waals surface area contributed by atoms with Gasteiger partial charge in [0.15, 0.2) is 0 Å². The highest BCUT2D eigenvalue weighted by molar-refractivity contribution is 5.92. The molecule has 1 aliphatic rings. The highest BCUT2D eigenvalue weighted by Gasteiger charge is 2.19. The van der Waals surface area contributed by atoms with E-state index in [0.717, 1.165) is 31.7 Å². The first-order valence-electron chi connectivity index (χ1n) is 8.47. The first-order valence-corrected chi connectivity index (χ1v) is 8.47. The van der Waals surface area contributed by atoms with E-state index in [9.17, 15) is 4.79 Å². The van der Waals surface area contributed by atoms with Gasteiger partial charge in [0.25, 0.3) is 0 Å². The Morgan fingerprint density at radius 2 is 1.58 bits per heavy atom. The molecule has 1 fully saturated rings. The molecule has 2 aromatic rings. The smallest absolute Gasteiger partial charge is 0.246 e. The van der Waals surface area contributed by atoms with Crippen molar-refractivity contribution in [3.8, 4) is 0 Å². The molecule has 3 nitrogen and oxygen atoms in total. The molecule has 124 valence electrons. The maximum absolute atomic E-state index is 12.4. The first kappa shape index (κ1) is 16.3. The number of aryl methyl sites for hydroxylation is 2. The fourth-order valence-electron chi connectivity index (χ4n) is 3.06. The monoisotopic (exact) mass is 320 g/mol. The number of hydrogen-bond donors (Lipinski definition) is 0. The van der Waals surface area contributed by atoms with E-state index in [-0.39, 0.29) is 5.91 Å². The number of hydrogen-bond acceptors (Lipinski definition) is 2. The summed E-state index contributed by atoms with van der Waals surface area (Å²) in [5.74, 6) is 0.0976. The van der Waals surface area contributed by atoms with Gasteiger partial charge in [-0.15, -0.1) is 0 Å². The van der Waals surface area contributed by atoms with E-state index in [1.165, 1.54) is 16.8 Å². The third kappa shape index (κ3) is 4.05. The van der Waals surface area contributed by atoms with E-state index < -0.39 is 0 Å². The molecule has 0 N–H and O–H groups in total. The lowest BCUT2D eigenvalue weighted by Gasteiger charge is -2.35. The molecule has 3 rings (SSSR count). The molecule has 2 aromatic carbocycles. The van der Waals surface area contributed by atoms with Gasteiger partial charge >= 0.3 is 0 Å². The van der Waals surface area contributed by atoms with Crippen LogP contribution in [0.5, 0.6) is 0 Å². The summed E-state index contributed by atoms with van der Waals surface area (Å²) in [6.45, 7) is 7.47. The molecule has 0 aliphatic carbocycles. The van der Waals surface area contributed by atoms with Crippen molar-refractivity contribution in [2.24, 2.45) is 0 Å². The topological polar surface area (TPSA) is 23.6 Å². The SMILES string of the molecule is Cc1cccc(/C=C/C(=O)N2CCN(c3cccc(C)c3)CC2)c1. The molecule has 24 heavy (non-hydrogen) atoms. The van der Waals surface area contributed by atoms with Crippen molar-refractivity contribution >= 4 is 17.7 Å². The van der Waals surface area contributed by atoms with Crippen molar-refractivity contribution in [1.82, 2.24) is 4.90 Å². The Kier molecular flexibility index (Phi) is 4.99. The molecular formula is C21H24N2O. The van der Waals surface area contributed by atoms with Crippen LogP contribution in [0.25, 0.3) is 6.08 Å². The van der Waals surface area contributed by atoms with Crippen LogP contribution in [0, 0.1) is 13.8 Å². The van der Waals surface area contributed by atoms with Crippen LogP contribution in [0.15, 0.2) is 54.6 Å². The van der Waals surface area contributed by atoms with Crippen LogP contribution in [0.1, 0.15) is 16.7 Å². The largest absolute Gasteiger partial charge is 0.368 e. The van der Waals surface area contributed by atoms with E-state index >= 15 is 0 Å². The van der Waals surface area contributed by atoms with Crippen molar-refractivity contribution in [3.63, 3.8) is 0 Å². The Balaban J connectivity index is 1.57. The minimum absolute atomic E-state index is 0.0976. The van der Waals surface area contributed by atoms with Gasteiger partial charge in [0, 0.05) is 37.9 Å². The van der Waals surface area contributed by atoms with Gasteiger partial charge < -0.3 is 9.80 Å². The molecule has 0 unspecified atom stereocenters. The highest BCUT2D eigenvalue weighted by atomic mass is 16.2. The molecule has 3 heteroatoms. The second kappa shape index (κ2) is 7.35. The normalized spacial score (nSPS) is 15.1. The van der Waals surface area contributed by atoms with E-state index in [0.29, 0.717) is 0 Å². The van der Waals surface area contributed by atoms with Crippen LogP contribution in [0.4, 0.5) is 5.69 Å². The van der Waals surface area contributed by atoms with Crippen LogP contribution in [0.3, 0.4) is 0 Å². The molecule has 0 radical (unpaired) electrons. The van der Waals surface area contributed by atoms with Crippen LogP contribution >= 0.6 is 0 Å². The van der Waals surface area contributed by atoms with Gasteiger partial charge in [0.2, 0.25) is 5.91 Å². The number of benzene rings is 2. The standard InChI is InChI=1S/C21H24N2O/c1-17-5-3-7-19(15-17)9-10-21(24)23-13-11-22(12-14-23)20-8-4-6-18(2)16-20/h3-10,15-16H,11-14H2,1-2H3/b10-9+. The second-order valence-electron chi connectivity index (χ2n) is 6.40. The third-order valence-electron chi connectivity index (χ3n) is 4.42. The van der Waals surface area contributed by atoms with Crippen molar-refractivity contribution in [1.29, 1.82) is 0 Å². The average molecular weight is 320 g/mol. The summed E-state index contributed by atoms with van der Waals surface area (Å²) in [5.41, 5.74) is 4.79.